The number of carbonyl (C=O) groups is 1. The molecule has 6 nitrogen and oxygen atoms in total. The van der Waals surface area contributed by atoms with Crippen LogP contribution < -0.4 is 10.7 Å². The lowest BCUT2D eigenvalue weighted by Gasteiger charge is -2.33. The molecule has 10 heteroatoms. The third-order valence-corrected chi connectivity index (χ3v) is 5.73. The number of nitrogens with one attached hydrogen (secondary N) is 1. The summed E-state index contributed by atoms with van der Waals surface area (Å²) in [7, 11) is 0. The maximum Gasteiger partial charge on any atom is 0.341 e. The molecule has 0 spiro atoms. The summed E-state index contributed by atoms with van der Waals surface area (Å²) < 4.78 is 42.6. The summed E-state index contributed by atoms with van der Waals surface area (Å²) in [6, 6.07) is 3.20. The molecule has 1 heterocycles. The van der Waals surface area contributed by atoms with Gasteiger partial charge in [-0.05, 0) is 17.5 Å². The molecule has 3 N–H and O–H groups in total. The van der Waals surface area contributed by atoms with E-state index in [1.165, 1.54) is 22.9 Å². The highest BCUT2D eigenvalue weighted by Gasteiger charge is 2.28. The Bertz CT molecular complexity index is 1280. The van der Waals surface area contributed by atoms with Crippen LogP contribution in [0.5, 0.6) is 0 Å². The predicted molar refractivity (Wildman–Crippen MR) is 119 cm³/mol. The van der Waals surface area contributed by atoms with Crippen LogP contribution in [0.25, 0.3) is 10.9 Å². The summed E-state index contributed by atoms with van der Waals surface area (Å²) in [6.45, 7) is 4.81. The fraction of sp³-hybridized carbons (Fsp3) is 0.304. The molecular weight excluding hydrogens is 461 g/mol. The lowest BCUT2D eigenvalue weighted by molar-refractivity contribution is 0.0692. The highest BCUT2D eigenvalue weighted by atomic mass is 35.5. The van der Waals surface area contributed by atoms with E-state index in [0.29, 0.717) is 12.1 Å². The molecule has 33 heavy (non-hydrogen) atoms. The van der Waals surface area contributed by atoms with Crippen LogP contribution in [-0.4, -0.2) is 27.4 Å². The number of rotatable bonds is 6. The molecule has 0 fully saturated rings. The number of aromatic carboxylic acids is 1. The van der Waals surface area contributed by atoms with E-state index in [9.17, 15) is 33.0 Å². The summed E-state index contributed by atoms with van der Waals surface area (Å²) in [4.78, 5) is 24.6. The maximum atomic E-state index is 14.0. The van der Waals surface area contributed by atoms with Gasteiger partial charge in [0.15, 0.2) is 0 Å². The van der Waals surface area contributed by atoms with Crippen molar-refractivity contribution in [2.24, 2.45) is 5.41 Å². The fourth-order valence-corrected chi connectivity index (χ4v) is 3.84. The number of halogens is 4. The van der Waals surface area contributed by atoms with Crippen LogP contribution in [0.15, 0.2) is 35.3 Å². The average Bonchev–Trinajstić information content (AvgIpc) is 2.68. The Morgan fingerprint density at radius 3 is 2.27 bits per heavy atom. The summed E-state index contributed by atoms with van der Waals surface area (Å²) in [5.74, 6) is -4.69. The van der Waals surface area contributed by atoms with Crippen LogP contribution >= 0.6 is 11.6 Å². The maximum absolute atomic E-state index is 14.0. The summed E-state index contributed by atoms with van der Waals surface area (Å²) in [5.41, 5.74) is -1.82. The van der Waals surface area contributed by atoms with Gasteiger partial charge < -0.3 is 20.1 Å². The molecule has 1 atom stereocenters. The second-order valence-corrected chi connectivity index (χ2v) is 9.11. The van der Waals surface area contributed by atoms with Gasteiger partial charge in [0.05, 0.1) is 28.9 Å². The number of aliphatic hydroxyl groups is 1. The monoisotopic (exact) mass is 482 g/mol. The number of aromatic nitrogens is 1. The minimum Gasteiger partial charge on any atom is -0.477 e. The third-order valence-electron chi connectivity index (χ3n) is 5.42. The van der Waals surface area contributed by atoms with Crippen LogP contribution in [0.2, 0.25) is 5.02 Å². The molecule has 1 unspecified atom stereocenters. The molecule has 0 radical (unpaired) electrons. The normalized spacial score (nSPS) is 12.7. The van der Waals surface area contributed by atoms with Gasteiger partial charge in [0.1, 0.15) is 23.0 Å². The molecule has 0 bridgehead atoms. The minimum absolute atomic E-state index is 0.00968. The first-order chi connectivity index (χ1) is 15.3. The zero-order valence-electron chi connectivity index (χ0n) is 18.0. The predicted octanol–water partition coefficient (Wildman–Crippen LogP) is 4.96. The van der Waals surface area contributed by atoms with E-state index in [1.807, 2.05) is 20.8 Å². The smallest absolute Gasteiger partial charge is 0.341 e. The van der Waals surface area contributed by atoms with Crippen molar-refractivity contribution in [3.63, 3.8) is 0 Å². The Kier molecular flexibility index (Phi) is 6.76. The van der Waals surface area contributed by atoms with E-state index >= 15 is 0 Å². The molecule has 1 aromatic heterocycles. The summed E-state index contributed by atoms with van der Waals surface area (Å²) >= 11 is 6.36. The molecule has 0 aliphatic rings. The van der Waals surface area contributed by atoms with Crippen molar-refractivity contribution in [3.8, 4) is 0 Å². The van der Waals surface area contributed by atoms with Crippen molar-refractivity contribution >= 4 is 34.2 Å². The largest absolute Gasteiger partial charge is 0.477 e. The Morgan fingerprint density at radius 2 is 1.76 bits per heavy atom. The fourth-order valence-electron chi connectivity index (χ4n) is 3.62. The molecule has 0 amide bonds. The molecule has 2 aromatic carbocycles. The molecule has 3 rings (SSSR count). The first kappa shape index (κ1) is 24.6. The van der Waals surface area contributed by atoms with Gasteiger partial charge in [-0.2, -0.15) is 0 Å². The van der Waals surface area contributed by atoms with E-state index in [0.717, 1.165) is 0 Å². The standard InChI is InChI=1S/C23H22ClF3N2O4/c1-23(2,3)20(10-30)29-9-14(22(32)33)21(31)12-6-18(15(24)7-19(12)29)28-8-13-16(26)4-11(25)5-17(13)27/h4-7,9,20,28,30H,8,10H2,1-3H3,(H,32,33). The zero-order valence-corrected chi connectivity index (χ0v) is 18.8. The summed E-state index contributed by atoms with van der Waals surface area (Å²) in [6.07, 6.45) is 1.17. The number of nitrogens with zero attached hydrogens (tertiary/aromatic N) is 1. The highest BCUT2D eigenvalue weighted by Crippen LogP contribution is 2.35. The van der Waals surface area contributed by atoms with Crippen LogP contribution in [0.3, 0.4) is 0 Å². The van der Waals surface area contributed by atoms with Crippen molar-refractivity contribution in [2.45, 2.75) is 33.4 Å². The zero-order chi connectivity index (χ0) is 24.7. The van der Waals surface area contributed by atoms with Crippen LogP contribution in [0.1, 0.15) is 42.7 Å². The van der Waals surface area contributed by atoms with Gasteiger partial charge in [0.25, 0.3) is 0 Å². The molecule has 3 aromatic rings. The molecule has 176 valence electrons. The number of anilines is 1. The van der Waals surface area contributed by atoms with E-state index in [1.54, 1.807) is 0 Å². The average molecular weight is 483 g/mol. The van der Waals surface area contributed by atoms with E-state index in [4.69, 9.17) is 11.6 Å². The van der Waals surface area contributed by atoms with E-state index < -0.39 is 58.0 Å². The van der Waals surface area contributed by atoms with Crippen LogP contribution in [-0.2, 0) is 6.54 Å². The Morgan fingerprint density at radius 1 is 1.15 bits per heavy atom. The number of pyridine rings is 1. The van der Waals surface area contributed by atoms with Gasteiger partial charge in [-0.3, -0.25) is 4.79 Å². The quantitative estimate of drug-likeness (QED) is 0.462. The number of carboxylic acids is 1. The second kappa shape index (κ2) is 9.07. The number of benzene rings is 2. The van der Waals surface area contributed by atoms with Crippen molar-refractivity contribution in [3.05, 3.63) is 74.3 Å². The molecule has 0 saturated heterocycles. The Labute approximate surface area is 192 Å². The first-order valence-corrected chi connectivity index (χ1v) is 10.3. The van der Waals surface area contributed by atoms with Crippen molar-refractivity contribution in [2.75, 3.05) is 11.9 Å². The Balaban J connectivity index is 2.17. The number of hydrogen-bond donors (Lipinski definition) is 3. The molecule has 0 aliphatic heterocycles. The molecule has 0 saturated carbocycles. The number of hydrogen-bond acceptors (Lipinski definition) is 4. The van der Waals surface area contributed by atoms with Gasteiger partial charge >= 0.3 is 5.97 Å². The minimum atomic E-state index is -1.44. The Hall–Kier alpha value is -3.04. The first-order valence-electron chi connectivity index (χ1n) is 9.95. The van der Waals surface area contributed by atoms with Gasteiger partial charge in [0, 0.05) is 35.8 Å². The summed E-state index contributed by atoms with van der Waals surface area (Å²) in [5, 5.41) is 22.3. The van der Waals surface area contributed by atoms with Gasteiger partial charge in [-0.25, -0.2) is 18.0 Å². The molecular formula is C23H22ClF3N2O4. The lowest BCUT2D eigenvalue weighted by Crippen LogP contribution is -2.30. The van der Waals surface area contributed by atoms with Crippen LogP contribution in [0, 0.1) is 22.9 Å². The third kappa shape index (κ3) is 4.84. The second-order valence-electron chi connectivity index (χ2n) is 8.70. The van der Waals surface area contributed by atoms with Crippen molar-refractivity contribution in [1.29, 1.82) is 0 Å². The van der Waals surface area contributed by atoms with Crippen LogP contribution in [0.4, 0.5) is 18.9 Å². The number of carboxylic acid groups (broad SMARTS) is 1. The molecule has 0 aliphatic carbocycles. The number of fused-ring (bicyclic) bond motifs is 1. The van der Waals surface area contributed by atoms with E-state index in [-0.39, 0.29) is 28.2 Å². The van der Waals surface area contributed by atoms with Gasteiger partial charge in [-0.15, -0.1) is 0 Å². The lowest BCUT2D eigenvalue weighted by atomic mass is 9.86. The van der Waals surface area contributed by atoms with Crippen molar-refractivity contribution in [1.82, 2.24) is 4.57 Å². The van der Waals surface area contributed by atoms with Crippen molar-refractivity contribution < 1.29 is 28.2 Å². The van der Waals surface area contributed by atoms with Gasteiger partial charge in [-0.1, -0.05) is 32.4 Å². The SMILES string of the molecule is CC(C)(C)C(CO)n1cc(C(=O)O)c(=O)c2cc(NCc3c(F)cc(F)cc3F)c(Cl)cc21. The topological polar surface area (TPSA) is 91.6 Å². The van der Waals surface area contributed by atoms with Gasteiger partial charge in [0.2, 0.25) is 5.43 Å². The van der Waals surface area contributed by atoms with E-state index in [2.05, 4.69) is 5.32 Å². The highest BCUT2D eigenvalue weighted by molar-refractivity contribution is 6.34. The number of aliphatic hydroxyl groups excluding tert-OH is 1.